The van der Waals surface area contributed by atoms with Gasteiger partial charge in [-0.25, -0.2) is 9.48 Å². The van der Waals surface area contributed by atoms with Gasteiger partial charge in [0, 0.05) is 6.54 Å². The van der Waals surface area contributed by atoms with E-state index in [1.807, 2.05) is 0 Å². The second kappa shape index (κ2) is 5.29. The number of aryl methyl sites for hydroxylation is 1. The van der Waals surface area contributed by atoms with Crippen LogP contribution in [0.5, 0.6) is 0 Å². The summed E-state index contributed by atoms with van der Waals surface area (Å²) in [4.78, 5) is 11.8. The van der Waals surface area contributed by atoms with Crippen molar-refractivity contribution in [1.29, 1.82) is 0 Å². The fourth-order valence-electron chi connectivity index (χ4n) is 2.42. The van der Waals surface area contributed by atoms with Crippen molar-refractivity contribution in [3.8, 4) is 0 Å². The fourth-order valence-corrected chi connectivity index (χ4v) is 2.42. The van der Waals surface area contributed by atoms with Gasteiger partial charge < -0.3 is 4.74 Å². The minimum atomic E-state index is -0.312. The third kappa shape index (κ3) is 2.65. The van der Waals surface area contributed by atoms with Crippen LogP contribution in [0.15, 0.2) is 0 Å². The molecule has 0 atom stereocenters. The Bertz CT molecular complexity index is 394. The molecule has 0 aliphatic heterocycles. The van der Waals surface area contributed by atoms with Crippen molar-refractivity contribution < 1.29 is 9.53 Å². The Morgan fingerprint density at radius 1 is 1.47 bits per heavy atom. The van der Waals surface area contributed by atoms with Gasteiger partial charge in [0.05, 0.1) is 12.3 Å². The zero-order valence-corrected chi connectivity index (χ0v) is 10.5. The second-order valence-electron chi connectivity index (χ2n) is 4.58. The van der Waals surface area contributed by atoms with Gasteiger partial charge in [-0.2, -0.15) is 0 Å². The number of carbonyl (C=O) groups is 1. The van der Waals surface area contributed by atoms with Crippen molar-refractivity contribution in [2.24, 2.45) is 5.92 Å². The second-order valence-corrected chi connectivity index (χ2v) is 4.58. The normalized spacial score (nSPS) is 16.4. The lowest BCUT2D eigenvalue weighted by Gasteiger charge is -2.10. The monoisotopic (exact) mass is 237 g/mol. The highest BCUT2D eigenvalue weighted by Crippen LogP contribution is 2.26. The van der Waals surface area contributed by atoms with Crippen molar-refractivity contribution in [1.82, 2.24) is 15.0 Å². The molecule has 0 aromatic carbocycles. The van der Waals surface area contributed by atoms with Crippen molar-refractivity contribution in [2.45, 2.75) is 46.1 Å². The zero-order chi connectivity index (χ0) is 12.3. The lowest BCUT2D eigenvalue weighted by molar-refractivity contribution is 0.0509. The minimum absolute atomic E-state index is 0.312. The third-order valence-corrected chi connectivity index (χ3v) is 3.28. The van der Waals surface area contributed by atoms with Crippen LogP contribution in [0.4, 0.5) is 0 Å². The molecule has 1 aliphatic carbocycles. The molecule has 2 rings (SSSR count). The highest BCUT2D eigenvalue weighted by atomic mass is 16.5. The van der Waals surface area contributed by atoms with E-state index in [-0.39, 0.29) is 5.97 Å². The molecule has 0 amide bonds. The summed E-state index contributed by atoms with van der Waals surface area (Å²) in [7, 11) is 0. The van der Waals surface area contributed by atoms with Gasteiger partial charge in [0.15, 0.2) is 5.69 Å². The summed E-state index contributed by atoms with van der Waals surface area (Å²) in [6.07, 6.45) is 5.02. The molecule has 1 aromatic heterocycles. The van der Waals surface area contributed by atoms with Gasteiger partial charge in [-0.15, -0.1) is 5.10 Å². The number of ether oxygens (including phenoxy) is 1. The minimum Gasteiger partial charge on any atom is -0.461 e. The molecule has 1 fully saturated rings. The van der Waals surface area contributed by atoms with Gasteiger partial charge in [0.25, 0.3) is 0 Å². The summed E-state index contributed by atoms with van der Waals surface area (Å²) in [5.41, 5.74) is 1.17. The predicted octanol–water partition coefficient (Wildman–Crippen LogP) is 1.95. The van der Waals surface area contributed by atoms with E-state index >= 15 is 0 Å². The maximum Gasteiger partial charge on any atom is 0.358 e. The molecule has 0 spiro atoms. The largest absolute Gasteiger partial charge is 0.461 e. The van der Waals surface area contributed by atoms with Crippen LogP contribution in [0.1, 0.15) is 48.8 Å². The maximum atomic E-state index is 11.8. The van der Waals surface area contributed by atoms with Crippen LogP contribution in [0, 0.1) is 12.8 Å². The van der Waals surface area contributed by atoms with Crippen LogP contribution in [0.3, 0.4) is 0 Å². The number of aromatic nitrogens is 3. The first-order chi connectivity index (χ1) is 8.22. The fraction of sp³-hybridized carbons (Fsp3) is 0.750. The third-order valence-electron chi connectivity index (χ3n) is 3.28. The van der Waals surface area contributed by atoms with Crippen molar-refractivity contribution in [3.63, 3.8) is 0 Å². The molecule has 1 aliphatic rings. The zero-order valence-electron chi connectivity index (χ0n) is 10.5. The van der Waals surface area contributed by atoms with Gasteiger partial charge in [0.1, 0.15) is 0 Å². The molecule has 5 heteroatoms. The lowest BCUT2D eigenvalue weighted by atomic mass is 10.1. The van der Waals surface area contributed by atoms with Crippen LogP contribution < -0.4 is 0 Å². The summed E-state index contributed by atoms with van der Waals surface area (Å²) < 4.78 is 6.74. The number of hydrogen-bond donors (Lipinski definition) is 0. The molecular formula is C12H19N3O2. The van der Waals surface area contributed by atoms with Crippen molar-refractivity contribution >= 4 is 5.97 Å². The summed E-state index contributed by atoms with van der Waals surface area (Å²) >= 11 is 0. The van der Waals surface area contributed by atoms with Crippen LogP contribution in [0.25, 0.3) is 0 Å². The molecule has 5 nitrogen and oxygen atoms in total. The van der Waals surface area contributed by atoms with Crippen LogP contribution in [0.2, 0.25) is 0 Å². The maximum absolute atomic E-state index is 11.8. The molecule has 1 aromatic rings. The number of esters is 1. The van der Waals surface area contributed by atoms with Crippen molar-refractivity contribution in [3.05, 3.63) is 11.4 Å². The van der Waals surface area contributed by atoms with E-state index in [0.717, 1.165) is 6.54 Å². The lowest BCUT2D eigenvalue weighted by Crippen LogP contribution is -2.17. The summed E-state index contributed by atoms with van der Waals surface area (Å²) in [5, 5.41) is 8.02. The molecule has 0 radical (unpaired) electrons. The summed E-state index contributed by atoms with van der Waals surface area (Å²) in [6, 6.07) is 0. The first-order valence-corrected chi connectivity index (χ1v) is 6.29. The van der Waals surface area contributed by atoms with E-state index in [9.17, 15) is 4.79 Å². The molecule has 0 N–H and O–H groups in total. The van der Waals surface area contributed by atoms with Gasteiger partial charge >= 0.3 is 5.97 Å². The van der Waals surface area contributed by atoms with Gasteiger partial charge in [-0.3, -0.25) is 0 Å². The number of carbonyl (C=O) groups excluding carboxylic acids is 1. The summed E-state index contributed by atoms with van der Waals surface area (Å²) in [6.45, 7) is 4.77. The molecule has 17 heavy (non-hydrogen) atoms. The average molecular weight is 237 g/mol. The Balaban J connectivity index is 2.13. The number of nitrogens with zero attached hydrogens (tertiary/aromatic N) is 3. The van der Waals surface area contributed by atoms with Gasteiger partial charge in [-0.1, -0.05) is 18.1 Å². The van der Waals surface area contributed by atoms with Gasteiger partial charge in [0.2, 0.25) is 0 Å². The Kier molecular flexibility index (Phi) is 3.76. The van der Waals surface area contributed by atoms with Crippen LogP contribution in [-0.4, -0.2) is 27.6 Å². The molecule has 1 heterocycles. The first kappa shape index (κ1) is 12.1. The highest BCUT2D eigenvalue weighted by molar-refractivity contribution is 5.88. The molecule has 1 saturated carbocycles. The number of rotatable bonds is 4. The first-order valence-electron chi connectivity index (χ1n) is 6.29. The molecule has 94 valence electrons. The Morgan fingerprint density at radius 2 is 2.18 bits per heavy atom. The van der Waals surface area contributed by atoms with Crippen LogP contribution >= 0.6 is 0 Å². The van der Waals surface area contributed by atoms with Crippen molar-refractivity contribution in [2.75, 3.05) is 6.61 Å². The van der Waals surface area contributed by atoms with Gasteiger partial charge in [-0.05, 0) is 32.6 Å². The van der Waals surface area contributed by atoms with E-state index in [1.54, 1.807) is 18.5 Å². The van der Waals surface area contributed by atoms with E-state index in [1.165, 1.54) is 25.7 Å². The topological polar surface area (TPSA) is 57.0 Å². The molecular weight excluding hydrogens is 218 g/mol. The van der Waals surface area contributed by atoms with E-state index in [2.05, 4.69) is 10.3 Å². The quantitative estimate of drug-likeness (QED) is 0.751. The number of hydrogen-bond acceptors (Lipinski definition) is 4. The smallest absolute Gasteiger partial charge is 0.358 e. The van der Waals surface area contributed by atoms with E-state index in [4.69, 9.17) is 4.74 Å². The van der Waals surface area contributed by atoms with E-state index in [0.29, 0.717) is 23.9 Å². The highest BCUT2D eigenvalue weighted by Gasteiger charge is 2.22. The van der Waals surface area contributed by atoms with E-state index < -0.39 is 0 Å². The molecule has 0 unspecified atom stereocenters. The Hall–Kier alpha value is -1.39. The Morgan fingerprint density at radius 3 is 2.82 bits per heavy atom. The average Bonchev–Trinajstić information content (AvgIpc) is 2.90. The molecule has 0 saturated heterocycles. The molecule has 0 bridgehead atoms. The Labute approximate surface area is 101 Å². The SMILES string of the molecule is CCOC(=O)c1c(C)nnn1CC1CCCC1. The summed E-state index contributed by atoms with van der Waals surface area (Å²) in [5.74, 6) is 0.317. The van der Waals surface area contributed by atoms with Crippen LogP contribution in [-0.2, 0) is 11.3 Å². The standard InChI is InChI=1S/C12H19N3O2/c1-3-17-12(16)11-9(2)13-14-15(11)8-10-6-4-5-7-10/h10H,3-8H2,1-2H3. The predicted molar refractivity (Wildman–Crippen MR) is 62.7 cm³/mol.